The summed E-state index contributed by atoms with van der Waals surface area (Å²) in [6, 6.07) is 8.96. The van der Waals surface area contributed by atoms with E-state index in [4.69, 9.17) is 9.26 Å². The van der Waals surface area contributed by atoms with E-state index in [1.807, 2.05) is 45.9 Å². The molecule has 0 saturated carbocycles. The van der Waals surface area contributed by atoms with Crippen molar-refractivity contribution in [1.29, 1.82) is 0 Å². The zero-order valence-electron chi connectivity index (χ0n) is 15.2. The number of hydrogen-bond acceptors (Lipinski definition) is 4. The molecule has 25 heavy (non-hydrogen) atoms. The van der Waals surface area contributed by atoms with Gasteiger partial charge in [0, 0.05) is 12.2 Å². The molecular formula is C19H25O5P. The number of rotatable bonds is 6. The third-order valence-corrected chi connectivity index (χ3v) is 4.44. The second-order valence-electron chi connectivity index (χ2n) is 6.61. The third kappa shape index (κ3) is 5.33. The van der Waals surface area contributed by atoms with Crippen molar-refractivity contribution in [3.8, 4) is 17.2 Å². The molecule has 6 heteroatoms. The first-order valence-corrected chi connectivity index (χ1v) is 10.1. The van der Waals surface area contributed by atoms with Crippen LogP contribution >= 0.6 is 7.60 Å². The fraction of sp³-hybridized carbons (Fsp3) is 0.368. The van der Waals surface area contributed by atoms with E-state index < -0.39 is 7.60 Å². The molecule has 0 aliphatic rings. The Bertz CT molecular complexity index is 784. The molecule has 0 aliphatic carbocycles. The van der Waals surface area contributed by atoms with Crippen LogP contribution in [-0.4, -0.2) is 16.7 Å². The quantitative estimate of drug-likeness (QED) is 0.684. The summed E-state index contributed by atoms with van der Waals surface area (Å²) in [5.41, 5.74) is 3.45. The minimum Gasteiger partial charge on any atom is -0.508 e. The summed E-state index contributed by atoms with van der Waals surface area (Å²) in [7, 11) is -3.50. The zero-order chi connectivity index (χ0) is 18.8. The van der Waals surface area contributed by atoms with Crippen LogP contribution < -0.4 is 4.74 Å². The summed E-state index contributed by atoms with van der Waals surface area (Å²) >= 11 is 0. The second kappa shape index (κ2) is 7.61. The average Bonchev–Trinajstić information content (AvgIpc) is 2.49. The molecule has 0 heterocycles. The lowest BCUT2D eigenvalue weighted by molar-refractivity contribution is 0.255. The van der Waals surface area contributed by atoms with E-state index in [1.54, 1.807) is 12.1 Å². The molecule has 2 aromatic carbocycles. The minimum absolute atomic E-state index is 0.0724. The highest BCUT2D eigenvalue weighted by Crippen LogP contribution is 2.39. The van der Waals surface area contributed by atoms with Gasteiger partial charge in [-0.3, -0.25) is 4.57 Å². The van der Waals surface area contributed by atoms with Crippen molar-refractivity contribution in [2.75, 3.05) is 6.66 Å². The lowest BCUT2D eigenvalue weighted by Gasteiger charge is -2.16. The molecule has 1 atom stereocenters. The number of ether oxygens (including phenoxy) is 1. The normalized spacial score (nSPS) is 13.7. The predicted octanol–water partition coefficient (Wildman–Crippen LogP) is 5.26. The first kappa shape index (κ1) is 19.5. The van der Waals surface area contributed by atoms with Crippen LogP contribution in [0.4, 0.5) is 0 Å². The largest absolute Gasteiger partial charge is 0.508 e. The zero-order valence-corrected chi connectivity index (χ0v) is 16.1. The van der Waals surface area contributed by atoms with Gasteiger partial charge in [0.25, 0.3) is 0 Å². The molecule has 5 nitrogen and oxygen atoms in total. The third-order valence-electron chi connectivity index (χ3n) is 3.83. The van der Waals surface area contributed by atoms with Crippen molar-refractivity contribution in [2.24, 2.45) is 0 Å². The molecule has 136 valence electrons. The average molecular weight is 364 g/mol. The number of aryl methyl sites for hydroxylation is 2. The van der Waals surface area contributed by atoms with Gasteiger partial charge in [-0.05, 0) is 54.7 Å². The molecule has 0 amide bonds. The van der Waals surface area contributed by atoms with Gasteiger partial charge in [-0.1, -0.05) is 26.0 Å². The summed E-state index contributed by atoms with van der Waals surface area (Å²) in [6.45, 7) is 9.10. The van der Waals surface area contributed by atoms with Crippen LogP contribution in [0.5, 0.6) is 17.2 Å². The van der Waals surface area contributed by atoms with Crippen LogP contribution in [0.3, 0.4) is 0 Å². The summed E-state index contributed by atoms with van der Waals surface area (Å²) in [4.78, 5) is 9.25. The monoisotopic (exact) mass is 364 g/mol. The first-order valence-electron chi connectivity index (χ1n) is 8.12. The van der Waals surface area contributed by atoms with E-state index in [2.05, 4.69) is 0 Å². The summed E-state index contributed by atoms with van der Waals surface area (Å²) in [6.07, 6.45) is 0. The molecule has 0 aromatic heterocycles. The number of hydrogen-bond donors (Lipinski definition) is 2. The molecular weight excluding hydrogens is 339 g/mol. The fourth-order valence-electron chi connectivity index (χ4n) is 2.65. The van der Waals surface area contributed by atoms with Crippen molar-refractivity contribution >= 4 is 7.60 Å². The van der Waals surface area contributed by atoms with E-state index >= 15 is 0 Å². The SMILES string of the molecule is Cc1cc(COP(C)(=O)O)cc(C)c1Oc1ccc(O)c(C(C)C)c1. The highest BCUT2D eigenvalue weighted by Gasteiger charge is 2.14. The molecule has 2 rings (SSSR count). The molecule has 2 N–H and O–H groups in total. The molecule has 0 spiro atoms. The van der Waals surface area contributed by atoms with E-state index in [-0.39, 0.29) is 18.3 Å². The van der Waals surface area contributed by atoms with E-state index in [1.165, 1.54) is 6.66 Å². The van der Waals surface area contributed by atoms with Crippen molar-refractivity contribution < 1.29 is 23.8 Å². The Hall–Kier alpha value is -1.81. The van der Waals surface area contributed by atoms with Crippen LogP contribution in [0.1, 0.15) is 42.0 Å². The van der Waals surface area contributed by atoms with Gasteiger partial charge in [0.05, 0.1) is 6.61 Å². The van der Waals surface area contributed by atoms with Crippen molar-refractivity contribution in [1.82, 2.24) is 0 Å². The van der Waals surface area contributed by atoms with Gasteiger partial charge in [0.1, 0.15) is 17.2 Å². The van der Waals surface area contributed by atoms with Crippen LogP contribution in [0.15, 0.2) is 30.3 Å². The maximum atomic E-state index is 11.3. The molecule has 1 unspecified atom stereocenters. The van der Waals surface area contributed by atoms with Crippen LogP contribution in [-0.2, 0) is 15.7 Å². The maximum absolute atomic E-state index is 11.3. The fourth-order valence-corrected chi connectivity index (χ4v) is 3.04. The number of aromatic hydroxyl groups is 1. The summed E-state index contributed by atoms with van der Waals surface area (Å²) in [5.74, 6) is 1.84. The van der Waals surface area contributed by atoms with Gasteiger partial charge in [-0.25, -0.2) is 0 Å². The topological polar surface area (TPSA) is 76.0 Å². The highest BCUT2D eigenvalue weighted by atomic mass is 31.2. The molecule has 0 radical (unpaired) electrons. The van der Waals surface area contributed by atoms with E-state index in [0.29, 0.717) is 5.75 Å². The van der Waals surface area contributed by atoms with Crippen LogP contribution in [0, 0.1) is 13.8 Å². The second-order valence-corrected chi connectivity index (χ2v) is 8.48. The van der Waals surface area contributed by atoms with E-state index in [0.717, 1.165) is 28.0 Å². The lowest BCUT2D eigenvalue weighted by Crippen LogP contribution is -1.97. The van der Waals surface area contributed by atoms with Crippen molar-refractivity contribution in [3.05, 3.63) is 52.6 Å². The minimum atomic E-state index is -3.50. The number of benzene rings is 2. The van der Waals surface area contributed by atoms with E-state index in [9.17, 15) is 14.6 Å². The Morgan fingerprint density at radius 1 is 1.12 bits per heavy atom. The van der Waals surface area contributed by atoms with Gasteiger partial charge in [0.15, 0.2) is 0 Å². The molecule has 0 aliphatic heterocycles. The van der Waals surface area contributed by atoms with Gasteiger partial charge >= 0.3 is 7.60 Å². The Morgan fingerprint density at radius 2 is 1.72 bits per heavy atom. The summed E-state index contributed by atoms with van der Waals surface area (Å²) in [5, 5.41) is 9.93. The molecule has 0 bridgehead atoms. The molecule has 0 saturated heterocycles. The van der Waals surface area contributed by atoms with Crippen molar-refractivity contribution in [3.63, 3.8) is 0 Å². The van der Waals surface area contributed by atoms with Gasteiger partial charge in [-0.15, -0.1) is 0 Å². The van der Waals surface area contributed by atoms with Crippen molar-refractivity contribution in [2.45, 2.75) is 40.2 Å². The van der Waals surface area contributed by atoms with Gasteiger partial charge < -0.3 is 19.3 Å². The predicted molar refractivity (Wildman–Crippen MR) is 98.7 cm³/mol. The van der Waals surface area contributed by atoms with Gasteiger partial charge in [-0.2, -0.15) is 0 Å². The Kier molecular flexibility index (Phi) is 5.94. The smallest absolute Gasteiger partial charge is 0.325 e. The van der Waals surface area contributed by atoms with Gasteiger partial charge in [0.2, 0.25) is 0 Å². The highest BCUT2D eigenvalue weighted by molar-refractivity contribution is 7.51. The standard InChI is InChI=1S/C19H25O5P/c1-12(2)17-10-16(6-7-18(17)20)24-19-13(3)8-15(9-14(19)4)11-23-25(5,21)22/h6-10,12,20H,11H2,1-5H3,(H,21,22). The lowest BCUT2D eigenvalue weighted by atomic mass is 10.0. The maximum Gasteiger partial charge on any atom is 0.325 e. The number of phenolic OH excluding ortho intramolecular Hbond substituents is 1. The van der Waals surface area contributed by atoms with Crippen LogP contribution in [0.2, 0.25) is 0 Å². The van der Waals surface area contributed by atoms with Crippen LogP contribution in [0.25, 0.3) is 0 Å². The molecule has 0 fully saturated rings. The Balaban J connectivity index is 2.26. The Morgan fingerprint density at radius 3 is 2.24 bits per heavy atom. The molecule has 2 aromatic rings. The summed E-state index contributed by atoms with van der Waals surface area (Å²) < 4.78 is 22.3. The Labute approximate surface area is 148 Å². The first-order chi connectivity index (χ1) is 11.6. The number of phenols is 1.